The van der Waals surface area contributed by atoms with Gasteiger partial charge in [0.05, 0.1) is 4.11 Å². The molecule has 2 aromatic carbocycles. The standard InChI is InChI=1S/C15H12N2O3/c18-12-8-6-11(7-9-12)15(10-4-2-1-3-5-10)13(19)16-14(20)17-15/h1-9,18H,(H2,16,17,19,20)/i1D,2D,4D,16+1,17+1/hD2. The summed E-state index contributed by atoms with van der Waals surface area (Å²) in [7, 11) is 0. The van der Waals surface area contributed by atoms with E-state index >= 15 is 0 Å². The first-order valence-electron chi connectivity index (χ1n) is 8.15. The van der Waals surface area contributed by atoms with Gasteiger partial charge in [0.25, 0.3) is 5.91 Å². The quantitative estimate of drug-likeness (QED) is 0.573. The van der Waals surface area contributed by atoms with Gasteiger partial charge >= 0.3 is 6.03 Å². The SMILES string of the molecule is [2H]c1ccc(C2(c3ccc(O)cc3)C(=O)[15N]([2H])C(=O)[15N]2[2H])c([2H])c1[2H]. The van der Waals surface area contributed by atoms with Crippen molar-refractivity contribution >= 4 is 11.9 Å². The fraction of sp³-hybridized carbons (Fsp3) is 0.0667. The highest BCUT2D eigenvalue weighted by atomic mass is 16.3. The van der Waals surface area contributed by atoms with Crippen LogP contribution in [0, 0.1) is 0 Å². The minimum atomic E-state index is -2.15. The van der Waals surface area contributed by atoms with E-state index in [4.69, 9.17) is 6.94 Å². The van der Waals surface area contributed by atoms with Gasteiger partial charge in [-0.1, -0.05) is 42.4 Å². The summed E-state index contributed by atoms with van der Waals surface area (Å²) in [5.41, 5.74) is -2.23. The number of phenols is 1. The van der Waals surface area contributed by atoms with Crippen molar-refractivity contribution in [2.45, 2.75) is 5.54 Å². The molecule has 1 unspecified atom stereocenters. The van der Waals surface area contributed by atoms with E-state index in [0.29, 0.717) is 0 Å². The first-order chi connectivity index (χ1) is 11.7. The van der Waals surface area contributed by atoms with Gasteiger partial charge in [0, 0.05) is 0 Å². The van der Waals surface area contributed by atoms with Crippen molar-refractivity contribution in [2.75, 3.05) is 0 Å². The third kappa shape index (κ3) is 1.72. The Morgan fingerprint density at radius 2 is 1.85 bits per heavy atom. The molecule has 1 saturated heterocycles. The summed E-state index contributed by atoms with van der Waals surface area (Å²) in [5.74, 6) is -1.19. The average molecular weight is 275 g/mol. The third-order valence-corrected chi connectivity index (χ3v) is 3.05. The van der Waals surface area contributed by atoms with Crippen LogP contribution in [0.2, 0.25) is 2.82 Å². The Kier molecular flexibility index (Phi) is 1.68. The number of nitrogens with one attached hydrogen (secondary N) is 2. The van der Waals surface area contributed by atoms with Crippen LogP contribution < -0.4 is 10.6 Å². The van der Waals surface area contributed by atoms with E-state index in [1.807, 2.05) is 0 Å². The van der Waals surface area contributed by atoms with Gasteiger partial charge in [-0.05, 0) is 23.3 Å². The molecule has 5 nitrogen and oxygen atoms in total. The van der Waals surface area contributed by atoms with Crippen LogP contribution in [0.3, 0.4) is 0 Å². The van der Waals surface area contributed by atoms with Crippen LogP contribution in [0.25, 0.3) is 0 Å². The molecular weight excluding hydrogens is 258 g/mol. The molecule has 0 aromatic heterocycles. The molecule has 5 heteroatoms. The van der Waals surface area contributed by atoms with Crippen LogP contribution in [-0.4, -0.2) is 17.0 Å². The summed E-state index contributed by atoms with van der Waals surface area (Å²) in [5, 5.41) is 9.78. The van der Waals surface area contributed by atoms with Crippen LogP contribution in [0.4, 0.5) is 4.79 Å². The molecule has 20 heavy (non-hydrogen) atoms. The number of imide groups is 1. The fourth-order valence-electron chi connectivity index (χ4n) is 2.13. The summed E-state index contributed by atoms with van der Waals surface area (Å²) in [6.45, 7) is 0. The number of hydrogen-bond acceptors (Lipinski definition) is 3. The van der Waals surface area contributed by atoms with Gasteiger partial charge in [-0.15, -0.1) is 0 Å². The number of benzene rings is 2. The van der Waals surface area contributed by atoms with E-state index in [1.54, 1.807) is 0 Å². The molecule has 1 fully saturated rings. The molecule has 1 aliphatic heterocycles. The third-order valence-electron chi connectivity index (χ3n) is 3.05. The van der Waals surface area contributed by atoms with Crippen LogP contribution in [-0.2, 0) is 10.3 Å². The Balaban J connectivity index is 2.39. The summed E-state index contributed by atoms with van der Waals surface area (Å²) >= 11 is 0. The molecule has 1 atom stereocenters. The predicted octanol–water partition coefficient (Wildman–Crippen LogP) is 1.48. The zero-order chi connectivity index (χ0) is 18.5. The number of carbonyl (C=O) groups is 2. The lowest BCUT2D eigenvalue weighted by Gasteiger charge is -2.27. The average Bonchev–Trinajstić information content (AvgIpc) is 2.76. The Hall–Kier alpha value is -2.82. The molecule has 100 valence electrons. The van der Waals surface area contributed by atoms with Gasteiger partial charge in [-0.25, -0.2) is 4.79 Å². The lowest BCUT2D eigenvalue weighted by Crippen LogP contribution is -2.44. The summed E-state index contributed by atoms with van der Waals surface area (Å²) < 4.78 is 39.3. The number of phenolic OH excluding ortho intramolecular Hbond substituents is 1. The van der Waals surface area contributed by atoms with Crippen molar-refractivity contribution in [2.24, 2.45) is 0 Å². The van der Waals surface area contributed by atoms with Crippen molar-refractivity contribution in [1.29, 1.82) is 0 Å². The highest BCUT2D eigenvalue weighted by Gasteiger charge is 2.49. The van der Waals surface area contributed by atoms with Gasteiger partial charge in [-0.2, -0.15) is 0 Å². The van der Waals surface area contributed by atoms with Crippen LogP contribution in [0.15, 0.2) is 54.5 Å². The number of hydrogen-bond donors (Lipinski definition) is 3. The van der Waals surface area contributed by atoms with Gasteiger partial charge in [0.1, 0.15) is 5.75 Å². The summed E-state index contributed by atoms with van der Waals surface area (Å²) in [6, 6.07) is 5.11. The van der Waals surface area contributed by atoms with E-state index in [2.05, 4.69) is 0 Å². The molecule has 0 saturated carbocycles. The molecule has 3 N–H and O–H groups in total. The second kappa shape index (κ2) is 4.38. The number of rotatable bonds is 2. The Bertz CT molecular complexity index is 889. The molecule has 3 amide bonds. The molecule has 0 aliphatic carbocycles. The van der Waals surface area contributed by atoms with E-state index in [-0.39, 0.29) is 33.5 Å². The summed E-state index contributed by atoms with van der Waals surface area (Å²) in [4.78, 5) is 24.9. The smallest absolute Gasteiger partial charge is 0.322 e. The largest absolute Gasteiger partial charge is 0.508 e. The van der Waals surface area contributed by atoms with E-state index in [9.17, 15) is 14.7 Å². The lowest BCUT2D eigenvalue weighted by molar-refractivity contribution is -0.122. The Labute approximate surface area is 122 Å². The molecule has 0 bridgehead atoms. The van der Waals surface area contributed by atoms with Crippen LogP contribution in [0.5, 0.6) is 5.75 Å². The highest BCUT2D eigenvalue weighted by molar-refractivity contribution is 6.09. The minimum absolute atomic E-state index is 0.0253. The van der Waals surface area contributed by atoms with Gasteiger partial charge in [-0.3, -0.25) is 10.1 Å². The molecule has 1 aliphatic rings. The van der Waals surface area contributed by atoms with Crippen LogP contribution >= 0.6 is 0 Å². The number of aromatic hydroxyl groups is 1. The van der Waals surface area contributed by atoms with Gasteiger partial charge in [0.15, 0.2) is 8.36 Å². The molecule has 0 spiro atoms. The van der Waals surface area contributed by atoms with Crippen molar-refractivity contribution in [1.82, 2.24) is 10.6 Å². The molecule has 0 radical (unpaired) electrons. The van der Waals surface area contributed by atoms with Crippen LogP contribution in [0.1, 0.15) is 15.2 Å². The van der Waals surface area contributed by atoms with Crippen molar-refractivity contribution in [3.05, 3.63) is 65.7 Å². The lowest BCUT2D eigenvalue weighted by atomic mass is 9.85. The zero-order valence-corrected chi connectivity index (χ0v) is 10.1. The maximum atomic E-state index is 12.8. The Morgan fingerprint density at radius 1 is 1.10 bits per heavy atom. The first kappa shape index (κ1) is 7.69. The predicted molar refractivity (Wildman–Crippen MR) is 72.0 cm³/mol. The maximum Gasteiger partial charge on any atom is 0.322 e. The van der Waals surface area contributed by atoms with E-state index in [0.717, 1.165) is 0 Å². The molecule has 2 aromatic rings. The number of urea groups is 1. The normalized spacial score (nSPS) is 25.9. The van der Waals surface area contributed by atoms with Crippen molar-refractivity contribution < 1.29 is 21.6 Å². The van der Waals surface area contributed by atoms with Gasteiger partial charge in [0.2, 0.25) is 0 Å². The summed E-state index contributed by atoms with van der Waals surface area (Å²) in [6.07, 6.45) is 0. The number of amides is 3. The first-order valence-corrected chi connectivity index (χ1v) is 5.76. The second-order valence-corrected chi connectivity index (χ2v) is 4.21. The fourth-order valence-corrected chi connectivity index (χ4v) is 2.13. The van der Waals surface area contributed by atoms with E-state index in [1.165, 1.54) is 36.4 Å². The monoisotopic (exact) mass is 275 g/mol. The molecule has 3 rings (SSSR count). The van der Waals surface area contributed by atoms with Crippen molar-refractivity contribution in [3.8, 4) is 5.75 Å². The second-order valence-electron chi connectivity index (χ2n) is 4.21. The minimum Gasteiger partial charge on any atom is -0.508 e. The topological polar surface area (TPSA) is 78.4 Å². The Morgan fingerprint density at radius 3 is 2.50 bits per heavy atom. The molecule has 1 heterocycles. The van der Waals surface area contributed by atoms with E-state index < -0.39 is 29.6 Å². The highest BCUT2D eigenvalue weighted by Crippen LogP contribution is 2.33. The zero-order valence-electron chi connectivity index (χ0n) is 15.1. The molecular formula is C15H12N2O3. The van der Waals surface area contributed by atoms with Gasteiger partial charge < -0.3 is 10.4 Å². The van der Waals surface area contributed by atoms with Crippen molar-refractivity contribution in [3.63, 3.8) is 0 Å². The maximum absolute atomic E-state index is 12.8. The number of carbonyl (C=O) groups excluding carboxylic acids is 2.